The second kappa shape index (κ2) is 8.01. The summed E-state index contributed by atoms with van der Waals surface area (Å²) < 4.78 is 4.92. The van der Waals surface area contributed by atoms with Gasteiger partial charge in [0.25, 0.3) is 0 Å². The van der Waals surface area contributed by atoms with E-state index in [1.165, 1.54) is 32.1 Å². The molecule has 1 saturated carbocycles. The van der Waals surface area contributed by atoms with Gasteiger partial charge in [0.15, 0.2) is 5.96 Å². The first-order valence-electron chi connectivity index (χ1n) is 9.32. The van der Waals surface area contributed by atoms with Crippen molar-refractivity contribution in [1.82, 2.24) is 20.3 Å². The van der Waals surface area contributed by atoms with Crippen LogP contribution in [0, 0.1) is 5.41 Å². The third-order valence-electron chi connectivity index (χ3n) is 5.80. The van der Waals surface area contributed by atoms with E-state index in [4.69, 9.17) is 4.52 Å². The fraction of sp³-hybridized carbons (Fsp3) is 0.778. The highest BCUT2D eigenvalue weighted by molar-refractivity contribution is 5.80. The molecule has 2 fully saturated rings. The highest BCUT2D eigenvalue weighted by Gasteiger charge is 2.32. The molecular weight excluding hydrogens is 302 g/mol. The van der Waals surface area contributed by atoms with Crippen molar-refractivity contribution in [2.75, 3.05) is 39.8 Å². The van der Waals surface area contributed by atoms with Crippen molar-refractivity contribution in [1.29, 1.82) is 0 Å². The molecule has 1 aliphatic heterocycles. The van der Waals surface area contributed by atoms with E-state index in [-0.39, 0.29) is 0 Å². The molecular formula is C18H31N5O. The number of piperazine rings is 1. The predicted molar refractivity (Wildman–Crippen MR) is 95.9 cm³/mol. The smallest absolute Gasteiger partial charge is 0.193 e. The Balaban J connectivity index is 1.47. The fourth-order valence-corrected chi connectivity index (χ4v) is 4.05. The number of hydrogen-bond donors (Lipinski definition) is 1. The zero-order chi connectivity index (χ0) is 16.8. The van der Waals surface area contributed by atoms with Crippen LogP contribution in [0.25, 0.3) is 0 Å². The summed E-state index contributed by atoms with van der Waals surface area (Å²) in [4.78, 5) is 9.33. The minimum absolute atomic E-state index is 0.491. The van der Waals surface area contributed by atoms with Crippen molar-refractivity contribution in [3.63, 3.8) is 0 Å². The number of rotatable bonds is 5. The lowest BCUT2D eigenvalue weighted by Crippen LogP contribution is -2.53. The molecule has 0 amide bonds. The van der Waals surface area contributed by atoms with E-state index < -0.39 is 0 Å². The average molecular weight is 333 g/mol. The van der Waals surface area contributed by atoms with Gasteiger partial charge in [-0.2, -0.15) is 0 Å². The first-order chi connectivity index (χ1) is 11.7. The number of nitrogens with one attached hydrogen (secondary N) is 1. The Bertz CT molecular complexity index is 514. The first-order valence-corrected chi connectivity index (χ1v) is 9.32. The van der Waals surface area contributed by atoms with E-state index in [1.807, 2.05) is 13.1 Å². The molecule has 6 heteroatoms. The van der Waals surface area contributed by atoms with Gasteiger partial charge < -0.3 is 14.7 Å². The first kappa shape index (κ1) is 17.3. The number of nitrogens with zero attached hydrogens (tertiary/aromatic N) is 4. The highest BCUT2D eigenvalue weighted by Crippen LogP contribution is 2.40. The van der Waals surface area contributed by atoms with Gasteiger partial charge in [0, 0.05) is 52.4 Å². The second-order valence-electron chi connectivity index (χ2n) is 7.22. The number of aromatic nitrogens is 1. The Morgan fingerprint density at radius 2 is 2.04 bits per heavy atom. The molecule has 1 N–H and O–H groups in total. The molecule has 1 saturated heterocycles. The van der Waals surface area contributed by atoms with Gasteiger partial charge in [0.2, 0.25) is 0 Å². The summed E-state index contributed by atoms with van der Waals surface area (Å²) in [5.74, 6) is 1.07. The summed E-state index contributed by atoms with van der Waals surface area (Å²) in [5, 5.41) is 7.67. The predicted octanol–water partition coefficient (Wildman–Crippen LogP) is 2.34. The summed E-state index contributed by atoms with van der Waals surface area (Å²) >= 11 is 0. The molecule has 0 aromatic carbocycles. The topological polar surface area (TPSA) is 56.9 Å². The van der Waals surface area contributed by atoms with Crippen LogP contribution < -0.4 is 5.32 Å². The third kappa shape index (κ3) is 4.09. The van der Waals surface area contributed by atoms with Crippen LogP contribution in [0.5, 0.6) is 0 Å². The summed E-state index contributed by atoms with van der Waals surface area (Å²) in [5.41, 5.74) is 1.50. The van der Waals surface area contributed by atoms with Crippen molar-refractivity contribution < 1.29 is 4.52 Å². The maximum atomic E-state index is 4.92. The number of hydrogen-bond acceptors (Lipinski definition) is 4. The van der Waals surface area contributed by atoms with Gasteiger partial charge >= 0.3 is 0 Å². The molecule has 6 nitrogen and oxygen atoms in total. The zero-order valence-corrected chi connectivity index (χ0v) is 15.1. The minimum atomic E-state index is 0.491. The van der Waals surface area contributed by atoms with Gasteiger partial charge in [0.05, 0.1) is 5.69 Å². The van der Waals surface area contributed by atoms with Crippen LogP contribution >= 0.6 is 0 Å². The van der Waals surface area contributed by atoms with Gasteiger partial charge in [-0.1, -0.05) is 24.9 Å². The molecule has 2 heterocycles. The van der Waals surface area contributed by atoms with E-state index >= 15 is 0 Å². The maximum absolute atomic E-state index is 4.92. The monoisotopic (exact) mass is 333 g/mol. The molecule has 24 heavy (non-hydrogen) atoms. The van der Waals surface area contributed by atoms with Crippen LogP contribution in [0.2, 0.25) is 0 Å². The highest BCUT2D eigenvalue weighted by atomic mass is 16.5. The van der Waals surface area contributed by atoms with E-state index in [2.05, 4.69) is 32.2 Å². The molecule has 0 spiro atoms. The molecule has 2 aliphatic rings. The van der Waals surface area contributed by atoms with Gasteiger partial charge in [-0.05, 0) is 24.7 Å². The quantitative estimate of drug-likeness (QED) is 0.662. The number of aliphatic imine (C=N–C) groups is 1. The summed E-state index contributed by atoms with van der Waals surface area (Å²) in [7, 11) is 1.90. The van der Waals surface area contributed by atoms with Gasteiger partial charge in [0.1, 0.15) is 6.26 Å². The second-order valence-corrected chi connectivity index (χ2v) is 7.22. The standard InChI is InChI=1S/C18H31N5O/c1-3-18(7-4-5-8-18)15-20-17(19-2)23-11-9-22(10-12-23)14-16-6-13-24-21-16/h6,13H,3-5,7-12,14-15H2,1-2H3,(H,19,20). The van der Waals surface area contributed by atoms with Crippen molar-refractivity contribution >= 4 is 5.96 Å². The molecule has 1 aromatic rings. The van der Waals surface area contributed by atoms with Gasteiger partial charge in [-0.3, -0.25) is 9.89 Å². The van der Waals surface area contributed by atoms with E-state index in [0.717, 1.165) is 50.9 Å². The fourth-order valence-electron chi connectivity index (χ4n) is 4.05. The van der Waals surface area contributed by atoms with Crippen molar-refractivity contribution in [3.8, 4) is 0 Å². The normalized spacial score (nSPS) is 22.1. The van der Waals surface area contributed by atoms with Crippen LogP contribution in [0.1, 0.15) is 44.7 Å². The SMILES string of the molecule is CCC1(CNC(=NC)N2CCN(Cc3ccon3)CC2)CCCC1. The van der Waals surface area contributed by atoms with E-state index in [1.54, 1.807) is 6.26 Å². The average Bonchev–Trinajstić information content (AvgIpc) is 3.29. The molecule has 0 bridgehead atoms. The summed E-state index contributed by atoms with van der Waals surface area (Å²) in [6.07, 6.45) is 8.40. The summed E-state index contributed by atoms with van der Waals surface area (Å²) in [6.45, 7) is 8.36. The Labute approximate surface area is 145 Å². The molecule has 134 valence electrons. The van der Waals surface area contributed by atoms with Crippen LogP contribution in [0.3, 0.4) is 0 Å². The third-order valence-corrected chi connectivity index (χ3v) is 5.80. The van der Waals surface area contributed by atoms with Crippen molar-refractivity contribution in [3.05, 3.63) is 18.0 Å². The zero-order valence-electron chi connectivity index (χ0n) is 15.1. The molecule has 3 rings (SSSR count). The van der Waals surface area contributed by atoms with E-state index in [9.17, 15) is 0 Å². The van der Waals surface area contributed by atoms with Crippen LogP contribution in [-0.4, -0.2) is 60.7 Å². The van der Waals surface area contributed by atoms with Crippen molar-refractivity contribution in [2.24, 2.45) is 10.4 Å². The largest absolute Gasteiger partial charge is 0.364 e. The van der Waals surface area contributed by atoms with Gasteiger partial charge in [-0.25, -0.2) is 0 Å². The Morgan fingerprint density at radius 1 is 1.29 bits per heavy atom. The summed E-state index contributed by atoms with van der Waals surface area (Å²) in [6, 6.07) is 1.94. The Morgan fingerprint density at radius 3 is 2.62 bits per heavy atom. The molecule has 1 aromatic heterocycles. The molecule has 1 aliphatic carbocycles. The maximum Gasteiger partial charge on any atom is 0.193 e. The minimum Gasteiger partial charge on any atom is -0.364 e. The van der Waals surface area contributed by atoms with Crippen molar-refractivity contribution in [2.45, 2.75) is 45.6 Å². The Kier molecular flexibility index (Phi) is 5.76. The lowest BCUT2D eigenvalue weighted by molar-refractivity contribution is 0.167. The molecule has 0 atom stereocenters. The van der Waals surface area contributed by atoms with Gasteiger partial charge in [-0.15, -0.1) is 0 Å². The van der Waals surface area contributed by atoms with Crippen LogP contribution in [0.15, 0.2) is 21.8 Å². The Hall–Kier alpha value is -1.56. The lowest BCUT2D eigenvalue weighted by Gasteiger charge is -2.37. The molecule has 0 unspecified atom stereocenters. The van der Waals surface area contributed by atoms with Crippen LogP contribution in [0.4, 0.5) is 0 Å². The van der Waals surface area contributed by atoms with Crippen LogP contribution in [-0.2, 0) is 6.54 Å². The van der Waals surface area contributed by atoms with E-state index in [0.29, 0.717) is 5.41 Å². The number of guanidine groups is 1. The lowest BCUT2D eigenvalue weighted by atomic mass is 9.83. The molecule has 0 radical (unpaired) electrons.